The summed E-state index contributed by atoms with van der Waals surface area (Å²) in [6, 6.07) is 9.00. The molecule has 1 heterocycles. The van der Waals surface area contributed by atoms with Gasteiger partial charge in [0, 0.05) is 12.7 Å². The first kappa shape index (κ1) is 13.8. The lowest BCUT2D eigenvalue weighted by atomic mass is 9.99. The topological polar surface area (TPSA) is 29.9 Å². The summed E-state index contributed by atoms with van der Waals surface area (Å²) in [7, 11) is 0. The molecule has 1 aromatic heterocycles. The van der Waals surface area contributed by atoms with E-state index in [1.54, 1.807) is 0 Å². The van der Waals surface area contributed by atoms with Gasteiger partial charge in [-0.2, -0.15) is 5.10 Å². The van der Waals surface area contributed by atoms with E-state index in [-0.39, 0.29) is 6.04 Å². The van der Waals surface area contributed by atoms with Crippen molar-refractivity contribution < 1.29 is 0 Å². The van der Waals surface area contributed by atoms with Crippen LogP contribution in [-0.2, 0) is 6.54 Å². The van der Waals surface area contributed by atoms with Crippen molar-refractivity contribution in [2.75, 3.05) is 6.54 Å². The van der Waals surface area contributed by atoms with Gasteiger partial charge >= 0.3 is 0 Å². The Kier molecular flexibility index (Phi) is 4.38. The fourth-order valence-electron chi connectivity index (χ4n) is 2.39. The standard InChI is InChI=1S/C16H23N3/c1-5-17-16(15-9-10-18-19(15)6-2)14-8-7-12(3)13(4)11-14/h7-11,16-17H,5-6H2,1-4H3. The molecule has 0 aliphatic carbocycles. The Hall–Kier alpha value is -1.61. The molecule has 0 radical (unpaired) electrons. The summed E-state index contributed by atoms with van der Waals surface area (Å²) in [6.45, 7) is 10.4. The molecule has 0 aliphatic heterocycles. The molecule has 102 valence electrons. The van der Waals surface area contributed by atoms with Gasteiger partial charge in [-0.15, -0.1) is 0 Å². The van der Waals surface area contributed by atoms with Gasteiger partial charge < -0.3 is 5.32 Å². The third kappa shape index (κ3) is 2.87. The number of aryl methyl sites for hydroxylation is 3. The molecule has 1 aromatic carbocycles. The average molecular weight is 257 g/mol. The smallest absolute Gasteiger partial charge is 0.0748 e. The zero-order chi connectivity index (χ0) is 13.8. The van der Waals surface area contributed by atoms with Gasteiger partial charge in [0.05, 0.1) is 11.7 Å². The number of nitrogens with zero attached hydrogens (tertiary/aromatic N) is 2. The van der Waals surface area contributed by atoms with E-state index in [9.17, 15) is 0 Å². The lowest BCUT2D eigenvalue weighted by Crippen LogP contribution is -2.25. The minimum absolute atomic E-state index is 0.215. The highest BCUT2D eigenvalue weighted by atomic mass is 15.3. The molecule has 0 saturated heterocycles. The highest BCUT2D eigenvalue weighted by Crippen LogP contribution is 2.23. The molecular weight excluding hydrogens is 234 g/mol. The van der Waals surface area contributed by atoms with Crippen LogP contribution >= 0.6 is 0 Å². The van der Waals surface area contributed by atoms with E-state index in [2.05, 4.69) is 67.1 Å². The van der Waals surface area contributed by atoms with Crippen LogP contribution in [0.4, 0.5) is 0 Å². The van der Waals surface area contributed by atoms with Crippen LogP contribution in [0.3, 0.4) is 0 Å². The van der Waals surface area contributed by atoms with Crippen LogP contribution in [0.25, 0.3) is 0 Å². The number of benzene rings is 1. The van der Waals surface area contributed by atoms with E-state index in [0.29, 0.717) is 0 Å². The normalized spacial score (nSPS) is 12.6. The molecule has 1 atom stereocenters. The van der Waals surface area contributed by atoms with Crippen LogP contribution in [0.5, 0.6) is 0 Å². The van der Waals surface area contributed by atoms with E-state index in [0.717, 1.165) is 13.1 Å². The van der Waals surface area contributed by atoms with Crippen molar-refractivity contribution in [1.29, 1.82) is 0 Å². The van der Waals surface area contributed by atoms with Crippen LogP contribution in [-0.4, -0.2) is 16.3 Å². The van der Waals surface area contributed by atoms with Crippen molar-refractivity contribution in [3.63, 3.8) is 0 Å². The first-order valence-corrected chi connectivity index (χ1v) is 6.99. The van der Waals surface area contributed by atoms with Crippen molar-refractivity contribution >= 4 is 0 Å². The zero-order valence-corrected chi connectivity index (χ0v) is 12.3. The fourth-order valence-corrected chi connectivity index (χ4v) is 2.39. The van der Waals surface area contributed by atoms with Crippen molar-refractivity contribution in [1.82, 2.24) is 15.1 Å². The third-order valence-electron chi connectivity index (χ3n) is 3.62. The maximum absolute atomic E-state index is 4.38. The number of nitrogens with one attached hydrogen (secondary N) is 1. The molecule has 0 saturated carbocycles. The number of hydrogen-bond donors (Lipinski definition) is 1. The molecule has 3 heteroatoms. The van der Waals surface area contributed by atoms with Crippen molar-refractivity contribution in [2.24, 2.45) is 0 Å². The summed E-state index contributed by atoms with van der Waals surface area (Å²) < 4.78 is 2.06. The Morgan fingerprint density at radius 2 is 1.95 bits per heavy atom. The summed E-state index contributed by atoms with van der Waals surface area (Å²) >= 11 is 0. The highest BCUT2D eigenvalue weighted by Gasteiger charge is 2.17. The Morgan fingerprint density at radius 1 is 1.16 bits per heavy atom. The lowest BCUT2D eigenvalue weighted by molar-refractivity contribution is 0.542. The maximum atomic E-state index is 4.38. The van der Waals surface area contributed by atoms with E-state index < -0.39 is 0 Å². The monoisotopic (exact) mass is 257 g/mol. The molecule has 1 unspecified atom stereocenters. The van der Waals surface area contributed by atoms with Gasteiger partial charge in [-0.25, -0.2) is 0 Å². The van der Waals surface area contributed by atoms with Gasteiger partial charge in [-0.3, -0.25) is 4.68 Å². The molecule has 0 spiro atoms. The molecular formula is C16H23N3. The van der Waals surface area contributed by atoms with E-state index in [1.807, 2.05) is 6.20 Å². The SMILES string of the molecule is CCNC(c1ccc(C)c(C)c1)c1ccnn1CC. The third-order valence-corrected chi connectivity index (χ3v) is 3.62. The Bertz CT molecular complexity index is 543. The van der Waals surface area contributed by atoms with Crippen molar-refractivity contribution in [3.05, 3.63) is 52.8 Å². The summed E-state index contributed by atoms with van der Waals surface area (Å²) in [5.41, 5.74) is 5.21. The summed E-state index contributed by atoms with van der Waals surface area (Å²) in [4.78, 5) is 0. The molecule has 2 rings (SSSR count). The number of aromatic nitrogens is 2. The summed E-state index contributed by atoms with van der Waals surface area (Å²) in [5, 5.41) is 7.94. The molecule has 0 bridgehead atoms. The van der Waals surface area contributed by atoms with E-state index in [4.69, 9.17) is 0 Å². The van der Waals surface area contributed by atoms with Gasteiger partial charge in [0.25, 0.3) is 0 Å². The van der Waals surface area contributed by atoms with Crippen LogP contribution in [0.1, 0.15) is 42.3 Å². The first-order valence-electron chi connectivity index (χ1n) is 6.99. The van der Waals surface area contributed by atoms with Crippen LogP contribution in [0.15, 0.2) is 30.5 Å². The molecule has 0 aliphatic rings. The fraction of sp³-hybridized carbons (Fsp3) is 0.438. The minimum atomic E-state index is 0.215. The summed E-state index contributed by atoms with van der Waals surface area (Å²) in [6.07, 6.45) is 1.88. The van der Waals surface area contributed by atoms with Gasteiger partial charge in [0.15, 0.2) is 0 Å². The minimum Gasteiger partial charge on any atom is -0.305 e. The molecule has 0 amide bonds. The van der Waals surface area contributed by atoms with Crippen molar-refractivity contribution in [3.8, 4) is 0 Å². The van der Waals surface area contributed by atoms with Crippen LogP contribution < -0.4 is 5.32 Å². The van der Waals surface area contributed by atoms with Gasteiger partial charge in [0.2, 0.25) is 0 Å². The second-order valence-electron chi connectivity index (χ2n) is 4.91. The number of rotatable bonds is 5. The Labute approximate surface area is 115 Å². The van der Waals surface area contributed by atoms with Gasteiger partial charge in [0.1, 0.15) is 0 Å². The van der Waals surface area contributed by atoms with Gasteiger partial charge in [-0.05, 0) is 50.1 Å². The lowest BCUT2D eigenvalue weighted by Gasteiger charge is -2.20. The molecule has 3 nitrogen and oxygen atoms in total. The van der Waals surface area contributed by atoms with E-state index >= 15 is 0 Å². The maximum Gasteiger partial charge on any atom is 0.0748 e. The predicted octanol–water partition coefficient (Wildman–Crippen LogP) is 3.22. The quantitative estimate of drug-likeness (QED) is 0.891. The van der Waals surface area contributed by atoms with Crippen LogP contribution in [0, 0.1) is 13.8 Å². The van der Waals surface area contributed by atoms with Crippen molar-refractivity contribution in [2.45, 2.75) is 40.3 Å². The predicted molar refractivity (Wildman–Crippen MR) is 79.3 cm³/mol. The van der Waals surface area contributed by atoms with Gasteiger partial charge in [-0.1, -0.05) is 25.1 Å². The van der Waals surface area contributed by atoms with Crippen LogP contribution in [0.2, 0.25) is 0 Å². The second kappa shape index (κ2) is 6.02. The Balaban J connectivity index is 2.42. The largest absolute Gasteiger partial charge is 0.305 e. The average Bonchev–Trinajstić information content (AvgIpc) is 2.87. The van der Waals surface area contributed by atoms with E-state index in [1.165, 1.54) is 22.4 Å². The molecule has 0 fully saturated rings. The Morgan fingerprint density at radius 3 is 2.58 bits per heavy atom. The zero-order valence-electron chi connectivity index (χ0n) is 12.3. The second-order valence-corrected chi connectivity index (χ2v) is 4.91. The molecule has 19 heavy (non-hydrogen) atoms. The number of hydrogen-bond acceptors (Lipinski definition) is 2. The molecule has 2 aromatic rings. The summed E-state index contributed by atoms with van der Waals surface area (Å²) in [5.74, 6) is 0. The highest BCUT2D eigenvalue weighted by molar-refractivity contribution is 5.35. The molecule has 1 N–H and O–H groups in total. The first-order chi connectivity index (χ1) is 9.17.